The fourth-order valence-corrected chi connectivity index (χ4v) is 1.94. The molecular formula is C18H24N4O2. The van der Waals surface area contributed by atoms with Crippen LogP contribution in [0.2, 0.25) is 0 Å². The molecule has 0 saturated heterocycles. The highest BCUT2D eigenvalue weighted by atomic mass is 16.5. The number of amides is 1. The normalized spacial score (nSPS) is 11.2. The van der Waals surface area contributed by atoms with Crippen LogP contribution < -0.4 is 15.4 Å². The third-order valence-electron chi connectivity index (χ3n) is 2.88. The van der Waals surface area contributed by atoms with Crippen LogP contribution in [0.3, 0.4) is 0 Å². The smallest absolute Gasteiger partial charge is 0.254 e. The van der Waals surface area contributed by atoms with Gasteiger partial charge in [-0.05, 0) is 58.9 Å². The molecule has 0 aliphatic rings. The first-order chi connectivity index (χ1) is 11.2. The zero-order valence-electron chi connectivity index (χ0n) is 14.8. The molecule has 6 nitrogen and oxygen atoms in total. The van der Waals surface area contributed by atoms with Crippen molar-refractivity contribution in [1.29, 1.82) is 0 Å². The highest BCUT2D eigenvalue weighted by molar-refractivity contribution is 5.94. The summed E-state index contributed by atoms with van der Waals surface area (Å²) in [5, 5.41) is 5.96. The Bertz CT molecular complexity index is 674. The fourth-order valence-electron chi connectivity index (χ4n) is 1.94. The lowest BCUT2D eigenvalue weighted by atomic mass is 10.1. The largest absolute Gasteiger partial charge is 0.491 e. The van der Waals surface area contributed by atoms with E-state index in [-0.39, 0.29) is 17.6 Å². The average molecular weight is 328 g/mol. The van der Waals surface area contributed by atoms with E-state index in [0.29, 0.717) is 11.5 Å². The minimum absolute atomic E-state index is 0.138. The van der Waals surface area contributed by atoms with Gasteiger partial charge in [0.1, 0.15) is 5.75 Å². The molecule has 1 heterocycles. The Hall–Kier alpha value is -2.63. The molecule has 0 atom stereocenters. The second-order valence-corrected chi connectivity index (χ2v) is 6.82. The van der Waals surface area contributed by atoms with Gasteiger partial charge < -0.3 is 15.4 Å². The Labute approximate surface area is 142 Å². The van der Waals surface area contributed by atoms with E-state index >= 15 is 0 Å². The number of carbonyl (C=O) groups excluding carboxylic acids is 1. The van der Waals surface area contributed by atoms with Gasteiger partial charge in [-0.15, -0.1) is 0 Å². The van der Waals surface area contributed by atoms with Gasteiger partial charge in [-0.25, -0.2) is 9.97 Å². The van der Waals surface area contributed by atoms with Crippen LogP contribution in [0.15, 0.2) is 36.7 Å². The minimum atomic E-state index is -0.298. The monoisotopic (exact) mass is 328 g/mol. The molecule has 0 aliphatic heterocycles. The van der Waals surface area contributed by atoms with Crippen LogP contribution in [0, 0.1) is 0 Å². The van der Waals surface area contributed by atoms with Crippen molar-refractivity contribution in [3.05, 3.63) is 42.2 Å². The lowest BCUT2D eigenvalue weighted by Gasteiger charge is -2.20. The Morgan fingerprint density at radius 2 is 1.67 bits per heavy atom. The maximum atomic E-state index is 12.0. The van der Waals surface area contributed by atoms with Crippen LogP contribution in [-0.2, 0) is 0 Å². The Morgan fingerprint density at radius 3 is 2.17 bits per heavy atom. The molecule has 2 aromatic rings. The van der Waals surface area contributed by atoms with E-state index in [1.807, 2.05) is 58.9 Å². The Morgan fingerprint density at radius 1 is 1.08 bits per heavy atom. The number of hydrogen-bond acceptors (Lipinski definition) is 5. The molecule has 6 heteroatoms. The van der Waals surface area contributed by atoms with Crippen LogP contribution in [0.1, 0.15) is 45.0 Å². The molecule has 24 heavy (non-hydrogen) atoms. The Balaban J connectivity index is 2.00. The van der Waals surface area contributed by atoms with Gasteiger partial charge in [0.25, 0.3) is 5.91 Å². The van der Waals surface area contributed by atoms with E-state index in [1.54, 1.807) is 0 Å². The van der Waals surface area contributed by atoms with Crippen molar-refractivity contribution in [2.45, 2.75) is 46.3 Å². The molecule has 1 aromatic heterocycles. The van der Waals surface area contributed by atoms with Crippen molar-refractivity contribution in [1.82, 2.24) is 15.3 Å². The fraction of sp³-hybridized carbons (Fsp3) is 0.389. The lowest BCUT2D eigenvalue weighted by molar-refractivity contribution is 0.0919. The molecule has 1 amide bonds. The van der Waals surface area contributed by atoms with E-state index in [2.05, 4.69) is 20.6 Å². The topological polar surface area (TPSA) is 76.1 Å². The summed E-state index contributed by atoms with van der Waals surface area (Å²) in [4.78, 5) is 20.4. The minimum Gasteiger partial charge on any atom is -0.491 e. The third kappa shape index (κ3) is 5.53. The van der Waals surface area contributed by atoms with Crippen molar-refractivity contribution >= 4 is 17.5 Å². The highest BCUT2D eigenvalue weighted by Crippen LogP contribution is 2.19. The zero-order chi connectivity index (χ0) is 17.7. The maximum Gasteiger partial charge on any atom is 0.254 e. The second kappa shape index (κ2) is 7.29. The molecule has 0 spiro atoms. The highest BCUT2D eigenvalue weighted by Gasteiger charge is 2.15. The van der Waals surface area contributed by atoms with E-state index in [1.165, 1.54) is 12.4 Å². The number of anilines is 2. The van der Waals surface area contributed by atoms with Gasteiger partial charge in [0.15, 0.2) is 0 Å². The van der Waals surface area contributed by atoms with Crippen molar-refractivity contribution in [2.24, 2.45) is 0 Å². The van der Waals surface area contributed by atoms with Crippen LogP contribution in [0.4, 0.5) is 11.6 Å². The molecular weight excluding hydrogens is 304 g/mol. The van der Waals surface area contributed by atoms with Gasteiger partial charge in [0.05, 0.1) is 11.7 Å². The van der Waals surface area contributed by atoms with Crippen molar-refractivity contribution in [3.8, 4) is 5.75 Å². The molecule has 0 fully saturated rings. The summed E-state index contributed by atoms with van der Waals surface area (Å²) in [6, 6.07) is 7.55. The van der Waals surface area contributed by atoms with Gasteiger partial charge in [-0.1, -0.05) is 0 Å². The molecule has 0 bridgehead atoms. The second-order valence-electron chi connectivity index (χ2n) is 6.82. The summed E-state index contributed by atoms with van der Waals surface area (Å²) >= 11 is 0. The molecule has 0 saturated carbocycles. The SMILES string of the molecule is CC(C)Oc1ccc(Nc2ncc(C(=O)NC(C)(C)C)cn2)cc1. The first-order valence-corrected chi connectivity index (χ1v) is 7.91. The van der Waals surface area contributed by atoms with Gasteiger partial charge in [0.2, 0.25) is 5.95 Å². The predicted octanol–water partition coefficient (Wildman–Crippen LogP) is 3.54. The first kappa shape index (κ1) is 17.7. The number of ether oxygens (including phenoxy) is 1. The summed E-state index contributed by atoms with van der Waals surface area (Å²) in [7, 11) is 0. The van der Waals surface area contributed by atoms with Gasteiger partial charge in [0, 0.05) is 23.6 Å². The molecule has 128 valence electrons. The van der Waals surface area contributed by atoms with Crippen molar-refractivity contribution < 1.29 is 9.53 Å². The molecule has 0 aliphatic carbocycles. The molecule has 0 unspecified atom stereocenters. The number of benzene rings is 1. The Kier molecular flexibility index (Phi) is 5.39. The van der Waals surface area contributed by atoms with E-state index in [0.717, 1.165) is 11.4 Å². The number of aromatic nitrogens is 2. The average Bonchev–Trinajstić information content (AvgIpc) is 2.48. The number of nitrogens with zero attached hydrogens (tertiary/aromatic N) is 2. The van der Waals surface area contributed by atoms with Crippen LogP contribution >= 0.6 is 0 Å². The van der Waals surface area contributed by atoms with Crippen molar-refractivity contribution in [2.75, 3.05) is 5.32 Å². The molecule has 1 aromatic carbocycles. The van der Waals surface area contributed by atoms with Crippen molar-refractivity contribution in [3.63, 3.8) is 0 Å². The number of rotatable bonds is 5. The number of hydrogen-bond donors (Lipinski definition) is 2. The molecule has 0 radical (unpaired) electrons. The predicted molar refractivity (Wildman–Crippen MR) is 94.7 cm³/mol. The molecule has 2 rings (SSSR count). The summed E-state index contributed by atoms with van der Waals surface area (Å²) in [5.41, 5.74) is 0.975. The maximum absolute atomic E-state index is 12.0. The van der Waals surface area contributed by atoms with Gasteiger partial charge >= 0.3 is 0 Å². The number of nitrogens with one attached hydrogen (secondary N) is 2. The van der Waals surface area contributed by atoms with Crippen LogP contribution in [-0.4, -0.2) is 27.5 Å². The zero-order valence-corrected chi connectivity index (χ0v) is 14.8. The molecule has 2 N–H and O–H groups in total. The third-order valence-corrected chi connectivity index (χ3v) is 2.88. The van der Waals surface area contributed by atoms with Gasteiger partial charge in [-0.3, -0.25) is 4.79 Å². The number of carbonyl (C=O) groups is 1. The summed E-state index contributed by atoms with van der Waals surface area (Å²) in [6.45, 7) is 9.74. The van der Waals surface area contributed by atoms with Crippen LogP contribution in [0.25, 0.3) is 0 Å². The van der Waals surface area contributed by atoms with E-state index < -0.39 is 0 Å². The quantitative estimate of drug-likeness (QED) is 0.878. The summed E-state index contributed by atoms with van der Waals surface area (Å²) < 4.78 is 5.60. The van der Waals surface area contributed by atoms with Gasteiger partial charge in [-0.2, -0.15) is 0 Å². The standard InChI is InChI=1S/C18H24N4O2/c1-12(2)24-15-8-6-14(7-9-15)21-17-19-10-13(11-20-17)16(23)22-18(3,4)5/h6-12H,1-5H3,(H,22,23)(H,19,20,21). The first-order valence-electron chi connectivity index (χ1n) is 7.91. The lowest BCUT2D eigenvalue weighted by Crippen LogP contribution is -2.40. The van der Waals surface area contributed by atoms with E-state index in [9.17, 15) is 4.79 Å². The van der Waals surface area contributed by atoms with Crippen LogP contribution in [0.5, 0.6) is 5.75 Å². The van der Waals surface area contributed by atoms with E-state index in [4.69, 9.17) is 4.74 Å². The summed E-state index contributed by atoms with van der Waals surface area (Å²) in [6.07, 6.45) is 3.15. The summed E-state index contributed by atoms with van der Waals surface area (Å²) in [5.74, 6) is 1.05.